The van der Waals surface area contributed by atoms with Crippen LogP contribution in [0.1, 0.15) is 21.5 Å². The monoisotopic (exact) mass is 438 g/mol. The number of sulfonamides is 1. The van der Waals surface area contributed by atoms with Crippen LogP contribution in [-0.4, -0.2) is 14.2 Å². The average Bonchev–Trinajstić information content (AvgIpc) is 2.72. The van der Waals surface area contributed by atoms with Crippen LogP contribution in [0.15, 0.2) is 83.9 Å². The highest BCUT2D eigenvalue weighted by molar-refractivity contribution is 7.97. The summed E-state index contributed by atoms with van der Waals surface area (Å²) in [7, 11) is -4.07. The van der Waals surface area contributed by atoms with Crippen molar-refractivity contribution in [3.8, 4) is 0 Å². The molecule has 3 aromatic carbocycles. The number of benzene rings is 3. The molecule has 0 amide bonds. The lowest BCUT2D eigenvalue weighted by atomic mass is 10.1. The van der Waals surface area contributed by atoms with Crippen molar-refractivity contribution in [1.29, 1.82) is 0 Å². The van der Waals surface area contributed by atoms with Gasteiger partial charge >= 0.3 is 0 Å². The summed E-state index contributed by atoms with van der Waals surface area (Å²) in [4.78, 5) is 12.7. The maximum Gasteiger partial charge on any atom is 0.270 e. The summed E-state index contributed by atoms with van der Waals surface area (Å²) >= 11 is 5.99. The number of nitrogens with zero attached hydrogens (tertiary/aromatic N) is 1. The number of nitrogens with one attached hydrogen (secondary N) is 1. The van der Waals surface area contributed by atoms with Crippen molar-refractivity contribution in [2.24, 2.45) is 0 Å². The lowest BCUT2D eigenvalue weighted by Crippen LogP contribution is -2.39. The molecule has 0 spiro atoms. The van der Waals surface area contributed by atoms with E-state index in [-0.39, 0.29) is 11.4 Å². The lowest BCUT2D eigenvalue weighted by Gasteiger charge is -2.31. The Labute approximate surface area is 180 Å². The Kier molecular flexibility index (Phi) is 5.37. The van der Waals surface area contributed by atoms with E-state index in [0.29, 0.717) is 22.0 Å². The minimum atomic E-state index is -4.07. The van der Waals surface area contributed by atoms with Crippen molar-refractivity contribution >= 4 is 38.8 Å². The molecule has 0 bridgehead atoms. The van der Waals surface area contributed by atoms with Gasteiger partial charge in [0.25, 0.3) is 10.0 Å². The largest absolute Gasteiger partial charge is 0.360 e. The van der Waals surface area contributed by atoms with Crippen molar-refractivity contribution in [3.05, 3.63) is 106 Å². The number of fused-ring (bicyclic) bond motifs is 1. The van der Waals surface area contributed by atoms with Gasteiger partial charge in [-0.2, -0.15) is 0 Å². The first-order chi connectivity index (χ1) is 14.4. The van der Waals surface area contributed by atoms with E-state index in [1.54, 1.807) is 48.5 Å². The fourth-order valence-electron chi connectivity index (χ4n) is 3.28. The van der Waals surface area contributed by atoms with Gasteiger partial charge in [0, 0.05) is 22.5 Å². The molecule has 4 rings (SSSR count). The van der Waals surface area contributed by atoms with Crippen molar-refractivity contribution in [1.82, 2.24) is 0 Å². The molecular formula is C23H19ClN2O3S. The Morgan fingerprint density at radius 1 is 1.00 bits per heavy atom. The number of anilines is 2. The molecule has 7 heteroatoms. The van der Waals surface area contributed by atoms with E-state index in [9.17, 15) is 13.2 Å². The summed E-state index contributed by atoms with van der Waals surface area (Å²) in [6.45, 7) is 2.10. The van der Waals surface area contributed by atoms with Gasteiger partial charge in [0.1, 0.15) is 0 Å². The second kappa shape index (κ2) is 7.97. The Bertz CT molecular complexity index is 1250. The average molecular weight is 439 g/mol. The Morgan fingerprint density at radius 2 is 1.73 bits per heavy atom. The minimum absolute atomic E-state index is 0.126. The van der Waals surface area contributed by atoms with Gasteiger partial charge in [0.2, 0.25) is 5.78 Å². The molecule has 0 fully saturated rings. The molecule has 0 atom stereocenters. The van der Waals surface area contributed by atoms with E-state index >= 15 is 0 Å². The molecule has 0 aliphatic carbocycles. The number of allylic oxidation sites excluding steroid dienone is 1. The number of rotatable bonds is 4. The summed E-state index contributed by atoms with van der Waals surface area (Å²) in [5, 5.41) is 3.39. The van der Waals surface area contributed by atoms with Gasteiger partial charge in [-0.1, -0.05) is 59.6 Å². The molecule has 1 N–H and O–H groups in total. The highest BCUT2D eigenvalue weighted by Crippen LogP contribution is 2.36. The fraction of sp³-hybridized carbons (Fsp3) is 0.0870. The van der Waals surface area contributed by atoms with E-state index in [0.717, 1.165) is 11.1 Å². The van der Waals surface area contributed by atoms with Crippen molar-refractivity contribution in [2.45, 2.75) is 13.5 Å². The summed E-state index contributed by atoms with van der Waals surface area (Å²) in [5.41, 5.74) is 3.22. The Morgan fingerprint density at radius 3 is 2.47 bits per heavy atom. The van der Waals surface area contributed by atoms with Gasteiger partial charge in [0.05, 0.1) is 12.2 Å². The van der Waals surface area contributed by atoms with Gasteiger partial charge in [-0.25, -0.2) is 8.42 Å². The molecule has 0 aromatic heterocycles. The zero-order valence-corrected chi connectivity index (χ0v) is 17.7. The maximum atomic E-state index is 13.4. The van der Waals surface area contributed by atoms with Gasteiger partial charge in [0.15, 0.2) is 4.91 Å². The predicted octanol–water partition coefficient (Wildman–Crippen LogP) is 5.13. The standard InChI is InChI=1S/C23H19ClN2O3S/c1-16-9-11-17(12-10-16)15-26-21-8-3-2-7-20(21)23(27)22(30(26,28)29)14-25-19-6-4-5-18(24)13-19/h2-14,25H,15H2,1H3. The SMILES string of the molecule is Cc1ccc(CN2c3ccccc3C(=O)C(=CNc3cccc(Cl)c3)S2(=O)=O)cc1. The number of halogens is 1. The molecule has 5 nitrogen and oxygen atoms in total. The second-order valence-electron chi connectivity index (χ2n) is 7.01. The third-order valence-corrected chi connectivity index (χ3v) is 6.85. The number of hydrogen-bond acceptors (Lipinski definition) is 4. The fourth-order valence-corrected chi connectivity index (χ4v) is 4.99. The molecule has 1 aliphatic heterocycles. The number of Topliss-reactive ketones (excluding diaryl/α,β-unsaturated/α-hetero) is 1. The van der Waals surface area contributed by atoms with Crippen LogP contribution in [0.4, 0.5) is 11.4 Å². The third-order valence-electron chi connectivity index (χ3n) is 4.85. The first kappa shape index (κ1) is 20.2. The topological polar surface area (TPSA) is 66.5 Å². The van der Waals surface area contributed by atoms with E-state index in [4.69, 9.17) is 11.6 Å². The van der Waals surface area contributed by atoms with Crippen LogP contribution in [0.5, 0.6) is 0 Å². The smallest absolute Gasteiger partial charge is 0.270 e. The van der Waals surface area contributed by atoms with Gasteiger partial charge in [-0.3, -0.25) is 9.10 Å². The van der Waals surface area contributed by atoms with E-state index in [1.165, 1.54) is 10.5 Å². The Hall–Kier alpha value is -3.09. The summed E-state index contributed by atoms with van der Waals surface area (Å²) < 4.78 is 28.1. The molecule has 0 saturated heterocycles. The summed E-state index contributed by atoms with van der Waals surface area (Å²) in [6.07, 6.45) is 1.24. The predicted molar refractivity (Wildman–Crippen MR) is 120 cm³/mol. The number of carbonyl (C=O) groups is 1. The van der Waals surface area contributed by atoms with Crippen LogP contribution >= 0.6 is 11.6 Å². The van der Waals surface area contributed by atoms with Crippen molar-refractivity contribution < 1.29 is 13.2 Å². The minimum Gasteiger partial charge on any atom is -0.360 e. The number of aryl methyl sites for hydroxylation is 1. The zero-order chi connectivity index (χ0) is 21.3. The first-order valence-electron chi connectivity index (χ1n) is 9.30. The van der Waals surface area contributed by atoms with E-state index in [1.807, 2.05) is 31.2 Å². The van der Waals surface area contributed by atoms with Crippen LogP contribution in [0.25, 0.3) is 0 Å². The molecule has 152 valence electrons. The highest BCUT2D eigenvalue weighted by Gasteiger charge is 2.40. The normalized spacial score (nSPS) is 16.4. The van der Waals surface area contributed by atoms with Gasteiger partial charge in [-0.05, 0) is 42.8 Å². The Balaban J connectivity index is 1.77. The first-order valence-corrected chi connectivity index (χ1v) is 11.1. The van der Waals surface area contributed by atoms with Crippen LogP contribution in [0, 0.1) is 6.92 Å². The van der Waals surface area contributed by atoms with Gasteiger partial charge < -0.3 is 5.32 Å². The number of hydrogen-bond donors (Lipinski definition) is 1. The van der Waals surface area contributed by atoms with Crippen molar-refractivity contribution in [2.75, 3.05) is 9.62 Å². The van der Waals surface area contributed by atoms with Gasteiger partial charge in [-0.15, -0.1) is 0 Å². The molecular weight excluding hydrogens is 420 g/mol. The van der Waals surface area contributed by atoms with Crippen LogP contribution < -0.4 is 9.62 Å². The second-order valence-corrected chi connectivity index (χ2v) is 9.27. The quantitative estimate of drug-likeness (QED) is 0.573. The molecule has 0 radical (unpaired) electrons. The molecule has 30 heavy (non-hydrogen) atoms. The molecule has 1 aliphatic rings. The maximum absolute atomic E-state index is 13.4. The number of ketones is 1. The van der Waals surface area contributed by atoms with E-state index < -0.39 is 15.8 Å². The summed E-state index contributed by atoms with van der Waals surface area (Å²) in [6, 6.07) is 21.2. The molecule has 1 heterocycles. The summed E-state index contributed by atoms with van der Waals surface area (Å²) in [5.74, 6) is -0.541. The number of carbonyl (C=O) groups excluding carboxylic acids is 1. The zero-order valence-electron chi connectivity index (χ0n) is 16.2. The van der Waals surface area contributed by atoms with Crippen molar-refractivity contribution in [3.63, 3.8) is 0 Å². The third kappa shape index (κ3) is 3.84. The van der Waals surface area contributed by atoms with Crippen LogP contribution in [0.3, 0.4) is 0 Å². The van der Waals surface area contributed by atoms with Crippen LogP contribution in [-0.2, 0) is 16.6 Å². The molecule has 0 unspecified atom stereocenters. The number of para-hydroxylation sites is 1. The van der Waals surface area contributed by atoms with E-state index in [2.05, 4.69) is 5.32 Å². The molecule has 0 saturated carbocycles. The van der Waals surface area contributed by atoms with Crippen LogP contribution in [0.2, 0.25) is 5.02 Å². The molecule has 3 aromatic rings. The highest BCUT2D eigenvalue weighted by atomic mass is 35.5. The lowest BCUT2D eigenvalue weighted by molar-refractivity contribution is 0.104.